The van der Waals surface area contributed by atoms with Crippen LogP contribution in [0, 0.1) is 0 Å². The molecule has 1 aliphatic heterocycles. The summed E-state index contributed by atoms with van der Waals surface area (Å²) in [4.78, 5) is 59.7. The van der Waals surface area contributed by atoms with Crippen LogP contribution in [-0.2, 0) is 28.8 Å². The number of nitrogens with zero attached hydrogens (tertiary/aromatic N) is 1. The first-order valence-corrected chi connectivity index (χ1v) is 5.48. The standard InChI is InChI=1S/C10H13N3O6/c1-6(14)11-4-7(15)12-5-10(18)19-13-8(16)2-3-9(13)17/h2-5H2,1H3,(H,11,14)(H,12,15). The van der Waals surface area contributed by atoms with Crippen LogP contribution in [0.3, 0.4) is 0 Å². The van der Waals surface area contributed by atoms with Crippen LogP contribution in [0.25, 0.3) is 0 Å². The van der Waals surface area contributed by atoms with E-state index in [-0.39, 0.29) is 25.3 Å². The lowest BCUT2D eigenvalue weighted by atomic mass is 10.4. The molecule has 0 atom stereocenters. The van der Waals surface area contributed by atoms with Gasteiger partial charge in [-0.1, -0.05) is 0 Å². The summed E-state index contributed by atoms with van der Waals surface area (Å²) >= 11 is 0. The summed E-state index contributed by atoms with van der Waals surface area (Å²) in [6.45, 7) is 0.464. The molecule has 0 spiro atoms. The Morgan fingerprint density at radius 3 is 2.21 bits per heavy atom. The molecule has 0 radical (unpaired) electrons. The van der Waals surface area contributed by atoms with E-state index in [2.05, 4.69) is 15.5 Å². The van der Waals surface area contributed by atoms with Crippen LogP contribution in [-0.4, -0.2) is 47.8 Å². The highest BCUT2D eigenvalue weighted by Gasteiger charge is 2.32. The van der Waals surface area contributed by atoms with E-state index in [9.17, 15) is 24.0 Å². The molecule has 1 fully saturated rings. The maximum atomic E-state index is 11.3. The molecule has 0 aromatic rings. The zero-order chi connectivity index (χ0) is 14.4. The highest BCUT2D eigenvalue weighted by molar-refractivity contribution is 6.01. The largest absolute Gasteiger partial charge is 0.352 e. The first kappa shape index (κ1) is 14.6. The molecule has 0 unspecified atom stereocenters. The average Bonchev–Trinajstić information content (AvgIpc) is 2.65. The fourth-order valence-corrected chi connectivity index (χ4v) is 1.23. The van der Waals surface area contributed by atoms with Crippen molar-refractivity contribution in [1.29, 1.82) is 0 Å². The number of imide groups is 1. The smallest absolute Gasteiger partial charge is 0.347 e. The molecule has 9 heteroatoms. The van der Waals surface area contributed by atoms with Crippen molar-refractivity contribution < 1.29 is 28.8 Å². The molecule has 0 aliphatic carbocycles. The summed E-state index contributed by atoms with van der Waals surface area (Å²) in [5, 5.41) is 4.79. The molecule has 9 nitrogen and oxygen atoms in total. The van der Waals surface area contributed by atoms with E-state index >= 15 is 0 Å². The highest BCUT2D eigenvalue weighted by Crippen LogP contribution is 2.11. The second-order valence-electron chi connectivity index (χ2n) is 3.73. The summed E-state index contributed by atoms with van der Waals surface area (Å²) in [6, 6.07) is 0. The van der Waals surface area contributed by atoms with Crippen LogP contribution < -0.4 is 10.6 Å². The topological polar surface area (TPSA) is 122 Å². The van der Waals surface area contributed by atoms with Gasteiger partial charge in [-0.05, 0) is 0 Å². The Bertz CT molecular complexity index is 417. The van der Waals surface area contributed by atoms with Crippen molar-refractivity contribution in [3.8, 4) is 0 Å². The molecule has 0 aromatic carbocycles. The lowest BCUT2D eigenvalue weighted by Crippen LogP contribution is -2.41. The summed E-state index contributed by atoms with van der Waals surface area (Å²) in [7, 11) is 0. The van der Waals surface area contributed by atoms with E-state index in [1.54, 1.807) is 0 Å². The Balaban J connectivity index is 2.28. The molecule has 0 bridgehead atoms. The van der Waals surface area contributed by atoms with E-state index in [1.807, 2.05) is 0 Å². The second kappa shape index (κ2) is 6.47. The van der Waals surface area contributed by atoms with Gasteiger partial charge in [0.1, 0.15) is 6.54 Å². The maximum absolute atomic E-state index is 11.3. The van der Waals surface area contributed by atoms with Crippen LogP contribution in [0.5, 0.6) is 0 Å². The molecule has 19 heavy (non-hydrogen) atoms. The van der Waals surface area contributed by atoms with Crippen LogP contribution in [0.2, 0.25) is 0 Å². The summed E-state index contributed by atoms with van der Waals surface area (Å²) < 4.78 is 0. The van der Waals surface area contributed by atoms with Crippen molar-refractivity contribution in [2.24, 2.45) is 0 Å². The van der Waals surface area contributed by atoms with Gasteiger partial charge in [-0.3, -0.25) is 19.2 Å². The van der Waals surface area contributed by atoms with E-state index in [0.29, 0.717) is 5.06 Å². The van der Waals surface area contributed by atoms with E-state index in [0.717, 1.165) is 0 Å². The molecule has 1 saturated heterocycles. The van der Waals surface area contributed by atoms with E-state index in [4.69, 9.17) is 0 Å². The van der Waals surface area contributed by atoms with Gasteiger partial charge in [-0.15, -0.1) is 5.06 Å². The third kappa shape index (κ3) is 4.74. The lowest BCUT2D eigenvalue weighted by molar-refractivity contribution is -0.196. The molecule has 0 aromatic heterocycles. The van der Waals surface area contributed by atoms with Crippen molar-refractivity contribution in [3.63, 3.8) is 0 Å². The number of amides is 4. The Hall–Kier alpha value is -2.45. The number of carbonyl (C=O) groups is 5. The molecule has 4 amide bonds. The van der Waals surface area contributed by atoms with Gasteiger partial charge in [0, 0.05) is 19.8 Å². The minimum atomic E-state index is -0.945. The van der Waals surface area contributed by atoms with Crippen LogP contribution in [0.15, 0.2) is 0 Å². The van der Waals surface area contributed by atoms with Crippen LogP contribution in [0.1, 0.15) is 19.8 Å². The molecule has 1 rings (SSSR count). The number of nitrogens with one attached hydrogen (secondary N) is 2. The molecule has 104 valence electrons. The minimum Gasteiger partial charge on any atom is -0.347 e. The van der Waals surface area contributed by atoms with Crippen molar-refractivity contribution in [3.05, 3.63) is 0 Å². The molecular weight excluding hydrogens is 258 g/mol. The van der Waals surface area contributed by atoms with Crippen molar-refractivity contribution in [2.75, 3.05) is 13.1 Å². The predicted octanol–water partition coefficient (Wildman–Crippen LogP) is -2.15. The van der Waals surface area contributed by atoms with Gasteiger partial charge in [-0.2, -0.15) is 0 Å². The Kier molecular flexibility index (Phi) is 4.98. The zero-order valence-electron chi connectivity index (χ0n) is 10.2. The molecule has 2 N–H and O–H groups in total. The quantitative estimate of drug-likeness (QED) is 0.549. The second-order valence-corrected chi connectivity index (χ2v) is 3.73. The van der Waals surface area contributed by atoms with Gasteiger partial charge in [0.25, 0.3) is 11.8 Å². The lowest BCUT2D eigenvalue weighted by Gasteiger charge is -2.12. The fourth-order valence-electron chi connectivity index (χ4n) is 1.23. The van der Waals surface area contributed by atoms with Gasteiger partial charge in [0.05, 0.1) is 6.54 Å². The van der Waals surface area contributed by atoms with Gasteiger partial charge in [0.15, 0.2) is 0 Å². The van der Waals surface area contributed by atoms with Crippen molar-refractivity contribution in [2.45, 2.75) is 19.8 Å². The first-order chi connectivity index (χ1) is 8.90. The normalized spacial score (nSPS) is 14.3. The molecular formula is C10H13N3O6. The summed E-state index contributed by atoms with van der Waals surface area (Å²) in [6.07, 6.45) is 0.00199. The number of hydroxylamine groups is 2. The molecule has 1 heterocycles. The first-order valence-electron chi connectivity index (χ1n) is 5.48. The Morgan fingerprint density at radius 1 is 1.11 bits per heavy atom. The number of carbonyl (C=O) groups excluding carboxylic acids is 5. The molecule has 1 aliphatic rings. The van der Waals surface area contributed by atoms with Crippen LogP contribution >= 0.6 is 0 Å². The number of rotatable bonds is 5. The van der Waals surface area contributed by atoms with E-state index < -0.39 is 30.2 Å². The van der Waals surface area contributed by atoms with Gasteiger partial charge >= 0.3 is 5.97 Å². The molecule has 0 saturated carbocycles. The highest BCUT2D eigenvalue weighted by atomic mass is 16.7. The number of hydrogen-bond acceptors (Lipinski definition) is 6. The third-order valence-corrected chi connectivity index (χ3v) is 2.13. The van der Waals surface area contributed by atoms with E-state index in [1.165, 1.54) is 6.92 Å². The van der Waals surface area contributed by atoms with Gasteiger partial charge in [0.2, 0.25) is 11.8 Å². The predicted molar refractivity (Wildman–Crippen MR) is 58.9 cm³/mol. The minimum absolute atomic E-state index is 0.000996. The zero-order valence-corrected chi connectivity index (χ0v) is 10.2. The average molecular weight is 271 g/mol. The SMILES string of the molecule is CC(=O)NCC(=O)NCC(=O)ON1C(=O)CCC1=O. The maximum Gasteiger partial charge on any atom is 0.352 e. The number of hydrogen-bond donors (Lipinski definition) is 2. The van der Waals surface area contributed by atoms with Crippen LogP contribution in [0.4, 0.5) is 0 Å². The van der Waals surface area contributed by atoms with Gasteiger partial charge in [-0.25, -0.2) is 4.79 Å². The van der Waals surface area contributed by atoms with Crippen molar-refractivity contribution >= 4 is 29.6 Å². The Morgan fingerprint density at radius 2 is 1.68 bits per heavy atom. The fraction of sp³-hybridized carbons (Fsp3) is 0.500. The van der Waals surface area contributed by atoms with Gasteiger partial charge < -0.3 is 15.5 Å². The summed E-state index contributed by atoms with van der Waals surface area (Å²) in [5.74, 6) is -3.11. The van der Waals surface area contributed by atoms with Crippen molar-refractivity contribution in [1.82, 2.24) is 15.7 Å². The Labute approximate surface area is 108 Å². The monoisotopic (exact) mass is 271 g/mol. The summed E-state index contributed by atoms with van der Waals surface area (Å²) in [5.41, 5.74) is 0. The third-order valence-electron chi connectivity index (χ3n) is 2.13.